The number of rotatable bonds is 5. The Morgan fingerprint density at radius 3 is 2.83 bits per heavy atom. The van der Waals surface area contributed by atoms with E-state index in [2.05, 4.69) is 45.3 Å². The van der Waals surface area contributed by atoms with Crippen molar-refractivity contribution in [3.8, 4) is 0 Å². The van der Waals surface area contributed by atoms with E-state index < -0.39 is 0 Å². The number of para-hydroxylation sites is 2. The van der Waals surface area contributed by atoms with E-state index in [4.69, 9.17) is 0 Å². The molecule has 0 aliphatic rings. The summed E-state index contributed by atoms with van der Waals surface area (Å²) in [4.78, 5) is 15.5. The summed E-state index contributed by atoms with van der Waals surface area (Å²) in [6.07, 6.45) is 4.78. The second-order valence-corrected chi connectivity index (χ2v) is 5.93. The number of amides is 1. The fraction of sp³-hybridized carbons (Fsp3) is 0.150. The SMILES string of the molecule is O=C(NCCCn1ccc2ccccc21)c1c[nH]c2ccccc12. The zero-order chi connectivity index (χ0) is 16.4. The second-order valence-electron chi connectivity index (χ2n) is 5.93. The van der Waals surface area contributed by atoms with Crippen LogP contribution in [-0.2, 0) is 6.54 Å². The predicted octanol–water partition coefficient (Wildman–Crippen LogP) is 3.94. The van der Waals surface area contributed by atoms with Crippen LogP contribution in [0.4, 0.5) is 0 Å². The van der Waals surface area contributed by atoms with Crippen LogP contribution in [0, 0.1) is 0 Å². The Morgan fingerprint density at radius 2 is 1.88 bits per heavy atom. The normalized spacial score (nSPS) is 11.2. The average Bonchev–Trinajstić information content (AvgIpc) is 3.23. The molecule has 0 unspecified atom stereocenters. The van der Waals surface area contributed by atoms with Crippen molar-refractivity contribution in [1.82, 2.24) is 14.9 Å². The smallest absolute Gasteiger partial charge is 0.253 e. The van der Waals surface area contributed by atoms with Crippen molar-refractivity contribution in [3.05, 3.63) is 72.6 Å². The minimum atomic E-state index is -0.0233. The maximum absolute atomic E-state index is 12.4. The standard InChI is InChI=1S/C20H19N3O/c24-20(17-14-22-18-8-3-2-7-16(17)18)21-11-5-12-23-13-10-15-6-1-4-9-19(15)23/h1-4,6-10,13-14,22H,5,11-12H2,(H,21,24). The van der Waals surface area contributed by atoms with Gasteiger partial charge in [-0.15, -0.1) is 0 Å². The molecule has 0 aliphatic carbocycles. The first-order chi connectivity index (χ1) is 11.8. The Hall–Kier alpha value is -3.01. The van der Waals surface area contributed by atoms with Crippen LogP contribution in [-0.4, -0.2) is 22.0 Å². The molecule has 0 fully saturated rings. The number of aryl methyl sites for hydroxylation is 1. The van der Waals surface area contributed by atoms with Gasteiger partial charge < -0.3 is 14.9 Å². The number of aromatic nitrogens is 2. The number of nitrogens with zero attached hydrogens (tertiary/aromatic N) is 1. The molecule has 4 heteroatoms. The van der Waals surface area contributed by atoms with Crippen molar-refractivity contribution in [2.24, 2.45) is 0 Å². The highest BCUT2D eigenvalue weighted by molar-refractivity contribution is 6.06. The van der Waals surface area contributed by atoms with Crippen LogP contribution in [0.1, 0.15) is 16.8 Å². The fourth-order valence-corrected chi connectivity index (χ4v) is 3.14. The molecule has 0 atom stereocenters. The molecule has 2 N–H and O–H groups in total. The monoisotopic (exact) mass is 317 g/mol. The summed E-state index contributed by atoms with van der Waals surface area (Å²) in [5.74, 6) is -0.0233. The van der Waals surface area contributed by atoms with E-state index in [1.807, 2.05) is 30.3 Å². The average molecular weight is 317 g/mol. The molecule has 2 heterocycles. The van der Waals surface area contributed by atoms with Gasteiger partial charge in [0, 0.05) is 41.9 Å². The Labute approximate surface area is 140 Å². The van der Waals surface area contributed by atoms with E-state index in [0.29, 0.717) is 12.1 Å². The zero-order valence-corrected chi connectivity index (χ0v) is 13.3. The number of benzene rings is 2. The molecule has 4 aromatic rings. The van der Waals surface area contributed by atoms with E-state index in [9.17, 15) is 4.79 Å². The van der Waals surface area contributed by atoms with Crippen molar-refractivity contribution in [3.63, 3.8) is 0 Å². The molecular formula is C20H19N3O. The van der Waals surface area contributed by atoms with Crippen molar-refractivity contribution < 1.29 is 4.79 Å². The Balaban J connectivity index is 1.36. The topological polar surface area (TPSA) is 49.8 Å². The summed E-state index contributed by atoms with van der Waals surface area (Å²) in [5.41, 5.74) is 2.93. The highest BCUT2D eigenvalue weighted by Crippen LogP contribution is 2.17. The first kappa shape index (κ1) is 14.6. The molecular weight excluding hydrogens is 298 g/mol. The van der Waals surface area contributed by atoms with Crippen molar-refractivity contribution in [2.45, 2.75) is 13.0 Å². The molecule has 0 spiro atoms. The summed E-state index contributed by atoms with van der Waals surface area (Å²) in [5, 5.41) is 5.23. The van der Waals surface area contributed by atoms with Gasteiger partial charge in [0.05, 0.1) is 5.56 Å². The van der Waals surface area contributed by atoms with Crippen LogP contribution >= 0.6 is 0 Å². The number of H-pyrrole nitrogens is 1. The molecule has 0 saturated heterocycles. The van der Waals surface area contributed by atoms with Crippen molar-refractivity contribution in [1.29, 1.82) is 0 Å². The van der Waals surface area contributed by atoms with Crippen molar-refractivity contribution >= 4 is 27.7 Å². The summed E-state index contributed by atoms with van der Waals surface area (Å²) in [6.45, 7) is 1.55. The molecule has 0 aliphatic heterocycles. The maximum Gasteiger partial charge on any atom is 0.253 e. The third kappa shape index (κ3) is 2.67. The van der Waals surface area contributed by atoms with E-state index in [1.165, 1.54) is 10.9 Å². The van der Waals surface area contributed by atoms with Gasteiger partial charge >= 0.3 is 0 Å². The molecule has 2 aromatic heterocycles. The summed E-state index contributed by atoms with van der Waals surface area (Å²) in [6, 6.07) is 18.3. The number of carbonyl (C=O) groups excluding carboxylic acids is 1. The van der Waals surface area contributed by atoms with E-state index in [-0.39, 0.29) is 5.91 Å². The van der Waals surface area contributed by atoms with Gasteiger partial charge in [-0.25, -0.2) is 0 Å². The van der Waals surface area contributed by atoms with Gasteiger partial charge in [-0.3, -0.25) is 4.79 Å². The Morgan fingerprint density at radius 1 is 1.04 bits per heavy atom. The summed E-state index contributed by atoms with van der Waals surface area (Å²) >= 11 is 0. The molecule has 1 amide bonds. The number of hydrogen-bond donors (Lipinski definition) is 2. The quantitative estimate of drug-likeness (QED) is 0.538. The predicted molar refractivity (Wildman–Crippen MR) is 97.2 cm³/mol. The molecule has 24 heavy (non-hydrogen) atoms. The molecule has 120 valence electrons. The van der Waals surface area contributed by atoms with Gasteiger partial charge in [0.1, 0.15) is 0 Å². The van der Waals surface area contributed by atoms with E-state index in [0.717, 1.165) is 23.9 Å². The number of carbonyl (C=O) groups is 1. The number of aromatic amines is 1. The third-order valence-electron chi connectivity index (χ3n) is 4.38. The Bertz CT molecular complexity index is 996. The molecule has 2 aromatic carbocycles. The van der Waals surface area contributed by atoms with Gasteiger partial charge in [0.15, 0.2) is 0 Å². The largest absolute Gasteiger partial charge is 0.360 e. The van der Waals surface area contributed by atoms with Gasteiger partial charge in [-0.1, -0.05) is 36.4 Å². The van der Waals surface area contributed by atoms with Crippen molar-refractivity contribution in [2.75, 3.05) is 6.54 Å². The minimum Gasteiger partial charge on any atom is -0.360 e. The Kier molecular flexibility index (Phi) is 3.79. The summed E-state index contributed by atoms with van der Waals surface area (Å²) < 4.78 is 2.23. The number of fused-ring (bicyclic) bond motifs is 2. The highest BCUT2D eigenvalue weighted by Gasteiger charge is 2.10. The highest BCUT2D eigenvalue weighted by atomic mass is 16.1. The summed E-state index contributed by atoms with van der Waals surface area (Å²) in [7, 11) is 0. The molecule has 0 saturated carbocycles. The van der Waals surface area contributed by atoms with Crippen LogP contribution in [0.15, 0.2) is 67.0 Å². The van der Waals surface area contributed by atoms with Gasteiger partial charge in [0.25, 0.3) is 5.91 Å². The third-order valence-corrected chi connectivity index (χ3v) is 4.38. The lowest BCUT2D eigenvalue weighted by molar-refractivity contribution is 0.0954. The van der Waals surface area contributed by atoms with Crippen LogP contribution in [0.3, 0.4) is 0 Å². The first-order valence-electron chi connectivity index (χ1n) is 8.21. The van der Waals surface area contributed by atoms with Gasteiger partial charge in [-0.05, 0) is 30.0 Å². The zero-order valence-electron chi connectivity index (χ0n) is 13.3. The minimum absolute atomic E-state index is 0.0233. The van der Waals surface area contributed by atoms with Crippen LogP contribution in [0.25, 0.3) is 21.8 Å². The number of hydrogen-bond acceptors (Lipinski definition) is 1. The second kappa shape index (κ2) is 6.24. The van der Waals surface area contributed by atoms with Crippen LogP contribution in [0.5, 0.6) is 0 Å². The molecule has 0 radical (unpaired) electrons. The lowest BCUT2D eigenvalue weighted by Gasteiger charge is -2.07. The van der Waals surface area contributed by atoms with Gasteiger partial charge in [-0.2, -0.15) is 0 Å². The molecule has 4 rings (SSSR count). The molecule has 0 bridgehead atoms. The first-order valence-corrected chi connectivity index (χ1v) is 8.21. The van der Waals surface area contributed by atoms with E-state index >= 15 is 0 Å². The maximum atomic E-state index is 12.4. The van der Waals surface area contributed by atoms with Crippen LogP contribution < -0.4 is 5.32 Å². The van der Waals surface area contributed by atoms with Gasteiger partial charge in [0.2, 0.25) is 0 Å². The van der Waals surface area contributed by atoms with E-state index in [1.54, 1.807) is 6.20 Å². The fourth-order valence-electron chi connectivity index (χ4n) is 3.14. The lowest BCUT2D eigenvalue weighted by atomic mass is 10.1. The van der Waals surface area contributed by atoms with Crippen LogP contribution in [0.2, 0.25) is 0 Å². The lowest BCUT2D eigenvalue weighted by Crippen LogP contribution is -2.25. The number of nitrogens with one attached hydrogen (secondary N) is 2. The molecule has 4 nitrogen and oxygen atoms in total.